The van der Waals surface area contributed by atoms with Crippen LogP contribution in [0.2, 0.25) is 0 Å². The molecule has 1 atom stereocenters. The average Bonchev–Trinajstić information content (AvgIpc) is 2.85. The molecular weight excluding hydrogens is 276 g/mol. The highest BCUT2D eigenvalue weighted by Crippen LogP contribution is 2.17. The van der Waals surface area contributed by atoms with Gasteiger partial charge in [0.25, 0.3) is 0 Å². The second-order valence-corrected chi connectivity index (χ2v) is 7.14. The predicted molar refractivity (Wildman–Crippen MR) is 91.9 cm³/mol. The Balaban J connectivity index is 1.95. The van der Waals surface area contributed by atoms with Crippen molar-refractivity contribution in [3.8, 4) is 0 Å². The quantitative estimate of drug-likeness (QED) is 0.794. The van der Waals surface area contributed by atoms with E-state index in [0.29, 0.717) is 11.8 Å². The summed E-state index contributed by atoms with van der Waals surface area (Å²) in [5.74, 6) is 1.31. The lowest BCUT2D eigenvalue weighted by Crippen LogP contribution is -2.28. The summed E-state index contributed by atoms with van der Waals surface area (Å²) in [6.45, 7) is 8.73. The Bertz CT molecular complexity index is 519. The first kappa shape index (κ1) is 16.2. The van der Waals surface area contributed by atoms with Crippen LogP contribution in [0.25, 0.3) is 0 Å². The molecule has 0 aliphatic carbocycles. The molecule has 0 fully saturated rings. The van der Waals surface area contributed by atoms with E-state index in [1.807, 2.05) is 0 Å². The van der Waals surface area contributed by atoms with Gasteiger partial charge in [0.1, 0.15) is 0 Å². The zero-order valence-electron chi connectivity index (χ0n) is 13.3. The SMILES string of the molecule is Cc1csc(CC(CNCC(C)C)Cc2ccccc2)n1. The van der Waals surface area contributed by atoms with Crippen molar-refractivity contribution in [3.05, 3.63) is 52.0 Å². The number of benzene rings is 1. The molecule has 0 spiro atoms. The van der Waals surface area contributed by atoms with Crippen molar-refractivity contribution in [2.75, 3.05) is 13.1 Å². The van der Waals surface area contributed by atoms with Crippen molar-refractivity contribution >= 4 is 11.3 Å². The van der Waals surface area contributed by atoms with Gasteiger partial charge in [-0.15, -0.1) is 11.3 Å². The van der Waals surface area contributed by atoms with Crippen LogP contribution in [0.5, 0.6) is 0 Å². The van der Waals surface area contributed by atoms with Crippen molar-refractivity contribution < 1.29 is 0 Å². The monoisotopic (exact) mass is 302 g/mol. The zero-order valence-corrected chi connectivity index (χ0v) is 14.1. The van der Waals surface area contributed by atoms with Crippen LogP contribution < -0.4 is 5.32 Å². The highest BCUT2D eigenvalue weighted by Gasteiger charge is 2.13. The average molecular weight is 302 g/mol. The number of nitrogens with zero attached hydrogens (tertiary/aromatic N) is 1. The summed E-state index contributed by atoms with van der Waals surface area (Å²) in [5.41, 5.74) is 2.56. The number of rotatable bonds is 8. The van der Waals surface area contributed by atoms with E-state index in [2.05, 4.69) is 66.8 Å². The zero-order chi connectivity index (χ0) is 15.1. The Hall–Kier alpha value is -1.19. The molecule has 0 aliphatic rings. The molecule has 3 heteroatoms. The smallest absolute Gasteiger partial charge is 0.0931 e. The summed E-state index contributed by atoms with van der Waals surface area (Å²) < 4.78 is 0. The molecule has 1 aromatic carbocycles. The maximum absolute atomic E-state index is 4.63. The molecule has 1 aromatic heterocycles. The maximum atomic E-state index is 4.63. The molecule has 2 aromatic rings. The molecule has 0 aliphatic heterocycles. The first-order chi connectivity index (χ1) is 10.1. The molecule has 114 valence electrons. The van der Waals surface area contributed by atoms with E-state index in [-0.39, 0.29) is 0 Å². The Morgan fingerprint density at radius 2 is 1.86 bits per heavy atom. The van der Waals surface area contributed by atoms with Gasteiger partial charge in [-0.3, -0.25) is 0 Å². The van der Waals surface area contributed by atoms with Gasteiger partial charge in [0.15, 0.2) is 0 Å². The van der Waals surface area contributed by atoms with E-state index >= 15 is 0 Å². The summed E-state index contributed by atoms with van der Waals surface area (Å²) in [7, 11) is 0. The number of nitrogens with one attached hydrogen (secondary N) is 1. The second kappa shape index (κ2) is 8.30. The van der Waals surface area contributed by atoms with Gasteiger partial charge in [-0.1, -0.05) is 44.2 Å². The van der Waals surface area contributed by atoms with Crippen LogP contribution >= 0.6 is 11.3 Å². The molecule has 0 saturated carbocycles. The minimum Gasteiger partial charge on any atom is -0.316 e. The largest absolute Gasteiger partial charge is 0.316 e. The summed E-state index contributed by atoms with van der Waals surface area (Å²) in [6.07, 6.45) is 2.18. The minimum atomic E-state index is 0.608. The third kappa shape index (κ3) is 5.98. The Morgan fingerprint density at radius 3 is 2.48 bits per heavy atom. The van der Waals surface area contributed by atoms with Gasteiger partial charge in [-0.25, -0.2) is 4.98 Å². The fraction of sp³-hybridized carbons (Fsp3) is 0.500. The molecule has 1 heterocycles. The van der Waals surface area contributed by atoms with Crippen LogP contribution in [0.3, 0.4) is 0 Å². The fourth-order valence-corrected chi connectivity index (χ4v) is 3.37. The standard InChI is InChI=1S/C18H26N2S/c1-14(2)11-19-12-17(9-16-7-5-4-6-8-16)10-18-20-15(3)13-21-18/h4-8,13-14,17,19H,9-12H2,1-3H3. The Morgan fingerprint density at radius 1 is 1.10 bits per heavy atom. The Labute approximate surface area is 132 Å². The van der Waals surface area contributed by atoms with Crippen LogP contribution in [0.15, 0.2) is 35.7 Å². The first-order valence-electron chi connectivity index (χ1n) is 7.79. The highest BCUT2D eigenvalue weighted by atomic mass is 32.1. The molecule has 1 N–H and O–H groups in total. The van der Waals surface area contributed by atoms with Crippen molar-refractivity contribution in [1.82, 2.24) is 10.3 Å². The number of hydrogen-bond acceptors (Lipinski definition) is 3. The molecule has 0 amide bonds. The van der Waals surface area contributed by atoms with Gasteiger partial charge in [0.2, 0.25) is 0 Å². The molecular formula is C18H26N2S. The van der Waals surface area contributed by atoms with Gasteiger partial charge in [0, 0.05) is 17.5 Å². The molecule has 21 heavy (non-hydrogen) atoms. The van der Waals surface area contributed by atoms with Crippen molar-refractivity contribution in [1.29, 1.82) is 0 Å². The van der Waals surface area contributed by atoms with E-state index < -0.39 is 0 Å². The van der Waals surface area contributed by atoms with Gasteiger partial charge < -0.3 is 5.32 Å². The van der Waals surface area contributed by atoms with Crippen molar-refractivity contribution in [2.45, 2.75) is 33.6 Å². The molecule has 1 unspecified atom stereocenters. The number of thiazole rings is 1. The topological polar surface area (TPSA) is 24.9 Å². The third-order valence-electron chi connectivity index (χ3n) is 3.48. The van der Waals surface area contributed by atoms with Crippen molar-refractivity contribution in [3.63, 3.8) is 0 Å². The predicted octanol–water partition coefficient (Wildman–Crippen LogP) is 4.10. The van der Waals surface area contributed by atoms with Gasteiger partial charge >= 0.3 is 0 Å². The highest BCUT2D eigenvalue weighted by molar-refractivity contribution is 7.09. The fourth-order valence-electron chi connectivity index (χ4n) is 2.48. The van der Waals surface area contributed by atoms with Crippen LogP contribution in [0.1, 0.15) is 30.1 Å². The summed E-state index contributed by atoms with van der Waals surface area (Å²) in [6, 6.07) is 10.8. The van der Waals surface area contributed by atoms with Gasteiger partial charge in [0.05, 0.1) is 5.01 Å². The lowest BCUT2D eigenvalue weighted by atomic mass is 9.96. The minimum absolute atomic E-state index is 0.608. The lowest BCUT2D eigenvalue weighted by Gasteiger charge is -2.18. The van der Waals surface area contributed by atoms with Crippen LogP contribution in [-0.2, 0) is 12.8 Å². The van der Waals surface area contributed by atoms with E-state index in [1.165, 1.54) is 10.6 Å². The van der Waals surface area contributed by atoms with E-state index in [1.54, 1.807) is 11.3 Å². The molecule has 0 bridgehead atoms. The summed E-state index contributed by atoms with van der Waals surface area (Å²) >= 11 is 1.79. The van der Waals surface area contributed by atoms with Crippen LogP contribution in [-0.4, -0.2) is 18.1 Å². The number of aryl methyl sites for hydroxylation is 1. The van der Waals surface area contributed by atoms with Gasteiger partial charge in [-0.2, -0.15) is 0 Å². The number of hydrogen-bond donors (Lipinski definition) is 1. The summed E-state index contributed by atoms with van der Waals surface area (Å²) in [5, 5.41) is 7.02. The van der Waals surface area contributed by atoms with Crippen molar-refractivity contribution in [2.24, 2.45) is 11.8 Å². The van der Waals surface area contributed by atoms with E-state index in [0.717, 1.165) is 31.6 Å². The maximum Gasteiger partial charge on any atom is 0.0931 e. The van der Waals surface area contributed by atoms with Gasteiger partial charge in [-0.05, 0) is 43.8 Å². The lowest BCUT2D eigenvalue weighted by molar-refractivity contribution is 0.445. The molecule has 2 nitrogen and oxygen atoms in total. The second-order valence-electron chi connectivity index (χ2n) is 6.19. The van der Waals surface area contributed by atoms with Crippen LogP contribution in [0.4, 0.5) is 0 Å². The normalized spacial score (nSPS) is 12.8. The van der Waals surface area contributed by atoms with E-state index in [9.17, 15) is 0 Å². The number of aromatic nitrogens is 1. The summed E-state index contributed by atoms with van der Waals surface area (Å²) in [4.78, 5) is 4.63. The Kier molecular flexibility index (Phi) is 6.40. The van der Waals surface area contributed by atoms with Crippen LogP contribution in [0, 0.1) is 18.8 Å². The first-order valence-corrected chi connectivity index (χ1v) is 8.67. The third-order valence-corrected chi connectivity index (χ3v) is 4.47. The molecule has 2 rings (SSSR count). The molecule has 0 radical (unpaired) electrons. The molecule has 0 saturated heterocycles. The van der Waals surface area contributed by atoms with E-state index in [4.69, 9.17) is 0 Å².